The van der Waals surface area contributed by atoms with Gasteiger partial charge in [-0.25, -0.2) is 4.98 Å². The lowest BCUT2D eigenvalue weighted by atomic mass is 9.78. The van der Waals surface area contributed by atoms with Crippen LogP contribution in [0, 0.1) is 0 Å². The second-order valence-electron chi connectivity index (χ2n) is 8.89. The van der Waals surface area contributed by atoms with Gasteiger partial charge in [-0.2, -0.15) is 0 Å². The molecule has 0 unspecified atom stereocenters. The van der Waals surface area contributed by atoms with Crippen molar-refractivity contribution in [2.24, 2.45) is 0 Å². The Morgan fingerprint density at radius 2 is 1.78 bits per heavy atom. The number of nitrogens with one attached hydrogen (secondary N) is 1. The van der Waals surface area contributed by atoms with Crippen LogP contribution < -0.4 is 11.0 Å². The lowest BCUT2D eigenvalue weighted by molar-refractivity contribution is 0.00578. The molecule has 27 heavy (non-hydrogen) atoms. The van der Waals surface area contributed by atoms with E-state index in [0.717, 1.165) is 42.7 Å². The van der Waals surface area contributed by atoms with Gasteiger partial charge in [0.15, 0.2) is 0 Å². The van der Waals surface area contributed by atoms with E-state index in [9.17, 15) is 4.79 Å². The van der Waals surface area contributed by atoms with E-state index < -0.39 is 18.3 Å². The maximum absolute atomic E-state index is 12.7. The summed E-state index contributed by atoms with van der Waals surface area (Å²) in [6.45, 7) is 10.2. The average Bonchev–Trinajstić information content (AvgIpc) is 2.83. The first-order valence-corrected chi connectivity index (χ1v) is 9.74. The van der Waals surface area contributed by atoms with E-state index in [4.69, 9.17) is 14.3 Å². The van der Waals surface area contributed by atoms with Crippen LogP contribution in [0.3, 0.4) is 0 Å². The van der Waals surface area contributed by atoms with Crippen molar-refractivity contribution < 1.29 is 9.31 Å². The maximum atomic E-state index is 12.7. The largest absolute Gasteiger partial charge is 0.494 e. The van der Waals surface area contributed by atoms with Crippen LogP contribution in [0.2, 0.25) is 0 Å². The second-order valence-corrected chi connectivity index (χ2v) is 8.89. The molecule has 6 nitrogen and oxygen atoms in total. The predicted octanol–water partition coefficient (Wildman–Crippen LogP) is 2.03. The third-order valence-corrected chi connectivity index (χ3v) is 6.38. The zero-order chi connectivity index (χ0) is 19.4. The Hall–Kier alpha value is -1.70. The molecule has 0 atom stereocenters. The van der Waals surface area contributed by atoms with E-state index in [1.165, 1.54) is 0 Å². The molecule has 1 N–H and O–H groups in total. The van der Waals surface area contributed by atoms with E-state index in [-0.39, 0.29) is 5.56 Å². The highest BCUT2D eigenvalue weighted by atomic mass is 16.7. The van der Waals surface area contributed by atoms with Gasteiger partial charge in [-0.1, -0.05) is 6.07 Å². The van der Waals surface area contributed by atoms with Crippen molar-refractivity contribution in [3.05, 3.63) is 34.4 Å². The topological polar surface area (TPSA) is 67.5 Å². The molecule has 2 saturated heterocycles. The van der Waals surface area contributed by atoms with E-state index in [0.29, 0.717) is 11.3 Å². The van der Waals surface area contributed by atoms with Crippen LogP contribution in [0.25, 0.3) is 10.9 Å². The molecular weight excluding hydrogens is 341 g/mol. The highest BCUT2D eigenvalue weighted by Gasteiger charge is 2.51. The Labute approximate surface area is 160 Å². The van der Waals surface area contributed by atoms with Gasteiger partial charge in [0.2, 0.25) is 0 Å². The van der Waals surface area contributed by atoms with Crippen molar-refractivity contribution in [3.63, 3.8) is 0 Å². The highest BCUT2D eigenvalue weighted by molar-refractivity contribution is 6.62. The number of fused-ring (bicyclic) bond motifs is 1. The fourth-order valence-corrected chi connectivity index (χ4v) is 3.78. The van der Waals surface area contributed by atoms with Crippen molar-refractivity contribution >= 4 is 23.5 Å². The number of nitrogens with zero attached hydrogens (tertiary/aromatic N) is 2. The van der Waals surface area contributed by atoms with Crippen molar-refractivity contribution in [3.8, 4) is 0 Å². The third kappa shape index (κ3) is 3.32. The second kappa shape index (κ2) is 6.43. The number of benzene rings is 1. The van der Waals surface area contributed by atoms with E-state index in [2.05, 4.69) is 16.9 Å². The maximum Gasteiger partial charge on any atom is 0.494 e. The van der Waals surface area contributed by atoms with Crippen molar-refractivity contribution in [2.75, 3.05) is 20.1 Å². The summed E-state index contributed by atoms with van der Waals surface area (Å²) in [6.07, 6.45) is 2.05. The van der Waals surface area contributed by atoms with Gasteiger partial charge in [0.25, 0.3) is 5.56 Å². The van der Waals surface area contributed by atoms with Gasteiger partial charge in [-0.15, -0.1) is 0 Å². The average molecular weight is 369 g/mol. The highest BCUT2D eigenvalue weighted by Crippen LogP contribution is 2.36. The molecule has 0 spiro atoms. The minimum atomic E-state index is -0.479. The van der Waals surface area contributed by atoms with Gasteiger partial charge in [-0.05, 0) is 78.3 Å². The summed E-state index contributed by atoms with van der Waals surface area (Å²) in [5, 5.41) is 0.582. The SMILES string of the molecule is CN1CCC(c2nc3ccc(B4OC(C)(C)C(C)(C)O4)cc3c(=O)[nH]2)CC1. The summed E-state index contributed by atoms with van der Waals surface area (Å²) in [7, 11) is 1.65. The quantitative estimate of drug-likeness (QED) is 0.821. The van der Waals surface area contributed by atoms with E-state index in [1.54, 1.807) is 0 Å². The molecule has 2 aromatic rings. The molecule has 1 aromatic heterocycles. The number of likely N-dealkylation sites (tertiary alicyclic amines) is 1. The number of aromatic nitrogens is 2. The molecule has 2 aliphatic rings. The molecule has 0 saturated carbocycles. The molecule has 4 rings (SSSR count). The van der Waals surface area contributed by atoms with Crippen LogP contribution in [0.5, 0.6) is 0 Å². The van der Waals surface area contributed by atoms with Crippen molar-refractivity contribution in [2.45, 2.75) is 57.7 Å². The monoisotopic (exact) mass is 369 g/mol. The number of aromatic amines is 1. The fraction of sp³-hybridized carbons (Fsp3) is 0.600. The normalized spacial score (nSPS) is 23.2. The minimum absolute atomic E-state index is 0.0905. The first-order valence-electron chi connectivity index (χ1n) is 9.74. The number of hydrogen-bond donors (Lipinski definition) is 1. The van der Waals surface area contributed by atoms with Crippen LogP contribution in [-0.4, -0.2) is 53.3 Å². The van der Waals surface area contributed by atoms with Crippen molar-refractivity contribution in [1.29, 1.82) is 0 Å². The first-order chi connectivity index (χ1) is 12.7. The fourth-order valence-electron chi connectivity index (χ4n) is 3.78. The molecule has 2 aliphatic heterocycles. The van der Waals surface area contributed by atoms with Crippen LogP contribution in [0.4, 0.5) is 0 Å². The number of piperidine rings is 1. The van der Waals surface area contributed by atoms with Gasteiger partial charge < -0.3 is 19.2 Å². The van der Waals surface area contributed by atoms with Gasteiger partial charge in [0.1, 0.15) is 5.82 Å². The number of rotatable bonds is 2. The molecule has 3 heterocycles. The number of hydrogen-bond acceptors (Lipinski definition) is 5. The lowest BCUT2D eigenvalue weighted by Crippen LogP contribution is -2.41. The minimum Gasteiger partial charge on any atom is -0.399 e. The standard InChI is InChI=1S/C20H28BN3O3/c1-19(2)20(3,4)27-21(26-19)14-6-7-16-15(12-14)18(25)23-17(22-16)13-8-10-24(5)11-9-13/h6-7,12-13H,8-11H2,1-5H3,(H,22,23,25). The molecule has 0 bridgehead atoms. The molecular formula is C20H28BN3O3. The van der Waals surface area contributed by atoms with E-state index in [1.807, 2.05) is 45.9 Å². The van der Waals surface area contributed by atoms with Crippen molar-refractivity contribution in [1.82, 2.24) is 14.9 Å². The summed E-state index contributed by atoms with van der Waals surface area (Å²) >= 11 is 0. The van der Waals surface area contributed by atoms with Gasteiger partial charge in [0.05, 0.1) is 22.1 Å². The molecule has 0 radical (unpaired) electrons. The van der Waals surface area contributed by atoms with Gasteiger partial charge in [-0.3, -0.25) is 4.79 Å². The summed E-state index contributed by atoms with van der Waals surface area (Å²) in [5.41, 5.74) is 0.672. The molecule has 7 heteroatoms. The molecule has 0 amide bonds. The zero-order valence-electron chi connectivity index (χ0n) is 16.8. The Morgan fingerprint density at radius 3 is 2.41 bits per heavy atom. The zero-order valence-corrected chi connectivity index (χ0v) is 16.8. The van der Waals surface area contributed by atoms with Gasteiger partial charge in [0, 0.05) is 5.92 Å². The molecule has 0 aliphatic carbocycles. The smallest absolute Gasteiger partial charge is 0.399 e. The van der Waals surface area contributed by atoms with Gasteiger partial charge >= 0.3 is 7.12 Å². The van der Waals surface area contributed by atoms with Crippen LogP contribution in [-0.2, 0) is 9.31 Å². The van der Waals surface area contributed by atoms with Crippen LogP contribution in [0.15, 0.2) is 23.0 Å². The Kier molecular flexibility index (Phi) is 4.44. The lowest BCUT2D eigenvalue weighted by Gasteiger charge is -2.32. The summed E-state index contributed by atoms with van der Waals surface area (Å²) in [6, 6.07) is 5.71. The predicted molar refractivity (Wildman–Crippen MR) is 108 cm³/mol. The molecule has 1 aromatic carbocycles. The molecule has 2 fully saturated rings. The Balaban J connectivity index is 1.65. The Bertz CT molecular complexity index is 900. The Morgan fingerprint density at radius 1 is 1.15 bits per heavy atom. The summed E-state index contributed by atoms with van der Waals surface area (Å²) < 4.78 is 12.2. The summed E-state index contributed by atoms with van der Waals surface area (Å²) in [5.74, 6) is 1.13. The molecule has 144 valence electrons. The summed E-state index contributed by atoms with van der Waals surface area (Å²) in [4.78, 5) is 22.8. The third-order valence-electron chi connectivity index (χ3n) is 6.38. The number of H-pyrrole nitrogens is 1. The van der Waals surface area contributed by atoms with Crippen LogP contribution in [0.1, 0.15) is 52.3 Å². The van der Waals surface area contributed by atoms with E-state index >= 15 is 0 Å². The van der Waals surface area contributed by atoms with Crippen LogP contribution >= 0.6 is 0 Å². The first kappa shape index (κ1) is 18.7.